The van der Waals surface area contributed by atoms with Crippen molar-refractivity contribution < 1.29 is 4.39 Å². The van der Waals surface area contributed by atoms with Crippen molar-refractivity contribution in [3.63, 3.8) is 0 Å². The van der Waals surface area contributed by atoms with Gasteiger partial charge < -0.3 is 4.90 Å². The van der Waals surface area contributed by atoms with Crippen LogP contribution in [0.2, 0.25) is 0 Å². The second-order valence-electron chi connectivity index (χ2n) is 4.93. The van der Waals surface area contributed by atoms with Crippen molar-refractivity contribution in [3.8, 4) is 6.07 Å². The molecule has 1 heterocycles. The lowest BCUT2D eigenvalue weighted by molar-refractivity contribution is 0.0796. The molecular weight excluding hydrogens is 229 g/mol. The Morgan fingerprint density at radius 2 is 2.00 bits per heavy atom. The number of rotatable bonds is 2. The highest BCUT2D eigenvalue weighted by molar-refractivity contribution is 5.25. The van der Waals surface area contributed by atoms with Crippen molar-refractivity contribution in [3.05, 3.63) is 35.6 Å². The topological polar surface area (TPSA) is 30.3 Å². The monoisotopic (exact) mass is 247 g/mol. The van der Waals surface area contributed by atoms with Crippen LogP contribution in [0.1, 0.15) is 18.5 Å². The summed E-state index contributed by atoms with van der Waals surface area (Å²) in [5.74, 6) is -0.262. The first-order chi connectivity index (χ1) is 8.61. The van der Waals surface area contributed by atoms with E-state index in [9.17, 15) is 9.65 Å². The Labute approximate surface area is 107 Å². The predicted molar refractivity (Wildman–Crippen MR) is 68.4 cm³/mol. The second-order valence-corrected chi connectivity index (χ2v) is 4.93. The van der Waals surface area contributed by atoms with Gasteiger partial charge in [0.05, 0.1) is 6.07 Å². The number of hydrogen-bond donors (Lipinski definition) is 0. The molecule has 0 amide bonds. The summed E-state index contributed by atoms with van der Waals surface area (Å²) in [6.07, 6.45) is 0. The fourth-order valence-corrected chi connectivity index (χ4v) is 2.52. The summed E-state index contributed by atoms with van der Waals surface area (Å²) in [7, 11) is 2.09. The van der Waals surface area contributed by atoms with E-state index < -0.39 is 0 Å². The first kappa shape index (κ1) is 13.0. The third kappa shape index (κ3) is 2.69. The molecule has 0 N–H and O–H groups in total. The van der Waals surface area contributed by atoms with Gasteiger partial charge in [0.2, 0.25) is 0 Å². The summed E-state index contributed by atoms with van der Waals surface area (Å²) in [5.41, 5.74) is 0.871. The smallest absolute Gasteiger partial charge is 0.124 e. The zero-order chi connectivity index (χ0) is 13.1. The standard InChI is InChI=1S/C14H18FN3/c1-11-10-17(2)7-8-18(11)14(9-16)12-3-5-13(15)6-4-12/h3-6,11,14H,7-8,10H2,1-2H3. The lowest BCUT2D eigenvalue weighted by Gasteiger charge is -2.40. The van der Waals surface area contributed by atoms with Gasteiger partial charge in [-0.25, -0.2) is 4.39 Å². The number of benzene rings is 1. The van der Waals surface area contributed by atoms with E-state index in [-0.39, 0.29) is 11.9 Å². The fraction of sp³-hybridized carbons (Fsp3) is 0.500. The number of nitriles is 1. The molecule has 0 radical (unpaired) electrons. The molecule has 96 valence electrons. The maximum atomic E-state index is 12.9. The van der Waals surface area contributed by atoms with E-state index in [4.69, 9.17) is 0 Å². The van der Waals surface area contributed by atoms with Crippen LogP contribution in [0.5, 0.6) is 0 Å². The summed E-state index contributed by atoms with van der Waals surface area (Å²) in [6, 6.07) is 8.63. The zero-order valence-corrected chi connectivity index (χ0v) is 10.8. The van der Waals surface area contributed by atoms with E-state index >= 15 is 0 Å². The van der Waals surface area contributed by atoms with E-state index in [2.05, 4.69) is 29.8 Å². The quantitative estimate of drug-likeness (QED) is 0.801. The minimum atomic E-state index is -0.283. The molecule has 2 atom stereocenters. The fourth-order valence-electron chi connectivity index (χ4n) is 2.52. The van der Waals surface area contributed by atoms with Gasteiger partial charge >= 0.3 is 0 Å². The van der Waals surface area contributed by atoms with Crippen LogP contribution in [0, 0.1) is 17.1 Å². The first-order valence-electron chi connectivity index (χ1n) is 6.21. The summed E-state index contributed by atoms with van der Waals surface area (Å²) in [4.78, 5) is 4.45. The molecule has 0 saturated carbocycles. The van der Waals surface area contributed by atoms with Crippen molar-refractivity contribution in [1.29, 1.82) is 5.26 Å². The Kier molecular flexibility index (Phi) is 3.95. The third-order valence-electron chi connectivity index (χ3n) is 3.52. The highest BCUT2D eigenvalue weighted by atomic mass is 19.1. The van der Waals surface area contributed by atoms with Crippen LogP contribution in [0.25, 0.3) is 0 Å². The van der Waals surface area contributed by atoms with Crippen LogP contribution in [0.15, 0.2) is 24.3 Å². The van der Waals surface area contributed by atoms with Crippen LogP contribution in [0.3, 0.4) is 0 Å². The molecule has 1 aliphatic heterocycles. The zero-order valence-electron chi connectivity index (χ0n) is 10.8. The molecule has 1 aromatic rings. The Hall–Kier alpha value is -1.44. The molecular formula is C14H18FN3. The van der Waals surface area contributed by atoms with Gasteiger partial charge in [-0.15, -0.1) is 0 Å². The Balaban J connectivity index is 2.19. The lowest BCUT2D eigenvalue weighted by atomic mass is 10.0. The summed E-state index contributed by atoms with van der Waals surface area (Å²) in [5, 5.41) is 9.39. The van der Waals surface area contributed by atoms with Crippen LogP contribution in [-0.2, 0) is 0 Å². The highest BCUT2D eigenvalue weighted by Gasteiger charge is 2.28. The van der Waals surface area contributed by atoms with E-state index in [0.29, 0.717) is 6.04 Å². The third-order valence-corrected chi connectivity index (χ3v) is 3.52. The summed E-state index contributed by atoms with van der Waals surface area (Å²) >= 11 is 0. The molecule has 1 aromatic carbocycles. The predicted octanol–water partition coefficient (Wildman–Crippen LogP) is 2.03. The average molecular weight is 247 g/mol. The molecule has 0 aromatic heterocycles. The van der Waals surface area contributed by atoms with E-state index in [1.54, 1.807) is 12.1 Å². The molecule has 18 heavy (non-hydrogen) atoms. The molecule has 0 aliphatic carbocycles. The van der Waals surface area contributed by atoms with Crippen molar-refractivity contribution in [2.45, 2.75) is 19.0 Å². The maximum Gasteiger partial charge on any atom is 0.124 e. The second kappa shape index (κ2) is 5.47. The van der Waals surface area contributed by atoms with Gasteiger partial charge in [0, 0.05) is 25.7 Å². The Morgan fingerprint density at radius 3 is 2.56 bits per heavy atom. The van der Waals surface area contributed by atoms with E-state index in [1.807, 2.05) is 0 Å². The largest absolute Gasteiger partial charge is 0.304 e. The van der Waals surface area contributed by atoms with Gasteiger partial charge in [-0.1, -0.05) is 12.1 Å². The number of hydrogen-bond acceptors (Lipinski definition) is 3. The molecule has 4 heteroatoms. The van der Waals surface area contributed by atoms with Gasteiger partial charge in [-0.3, -0.25) is 4.90 Å². The molecule has 1 fully saturated rings. The van der Waals surface area contributed by atoms with Gasteiger partial charge in [-0.05, 0) is 31.7 Å². The lowest BCUT2D eigenvalue weighted by Crippen LogP contribution is -2.51. The molecule has 2 unspecified atom stereocenters. The van der Waals surface area contributed by atoms with E-state index in [0.717, 1.165) is 25.2 Å². The van der Waals surface area contributed by atoms with Gasteiger partial charge in [0.15, 0.2) is 0 Å². The molecule has 3 nitrogen and oxygen atoms in total. The molecule has 1 saturated heterocycles. The SMILES string of the molecule is CC1CN(C)CCN1C(C#N)c1ccc(F)cc1. The van der Waals surface area contributed by atoms with Crippen molar-refractivity contribution in [1.82, 2.24) is 9.80 Å². The molecule has 0 bridgehead atoms. The first-order valence-corrected chi connectivity index (χ1v) is 6.21. The van der Waals surface area contributed by atoms with Gasteiger partial charge in [0.1, 0.15) is 11.9 Å². The van der Waals surface area contributed by atoms with Crippen molar-refractivity contribution >= 4 is 0 Å². The number of nitrogens with zero attached hydrogens (tertiary/aromatic N) is 3. The summed E-state index contributed by atoms with van der Waals surface area (Å²) < 4.78 is 12.9. The Morgan fingerprint density at radius 1 is 1.33 bits per heavy atom. The number of likely N-dealkylation sites (N-methyl/N-ethyl adjacent to an activating group) is 1. The van der Waals surface area contributed by atoms with Crippen molar-refractivity contribution in [2.75, 3.05) is 26.7 Å². The van der Waals surface area contributed by atoms with Crippen LogP contribution in [0.4, 0.5) is 4.39 Å². The van der Waals surface area contributed by atoms with Gasteiger partial charge in [-0.2, -0.15) is 5.26 Å². The van der Waals surface area contributed by atoms with E-state index in [1.165, 1.54) is 12.1 Å². The van der Waals surface area contributed by atoms with Crippen LogP contribution in [-0.4, -0.2) is 42.5 Å². The van der Waals surface area contributed by atoms with Crippen LogP contribution < -0.4 is 0 Å². The summed E-state index contributed by atoms with van der Waals surface area (Å²) in [6.45, 7) is 4.92. The minimum Gasteiger partial charge on any atom is -0.304 e. The van der Waals surface area contributed by atoms with Gasteiger partial charge in [0.25, 0.3) is 0 Å². The average Bonchev–Trinajstić information content (AvgIpc) is 2.35. The highest BCUT2D eigenvalue weighted by Crippen LogP contribution is 2.24. The van der Waals surface area contributed by atoms with Crippen LogP contribution >= 0.6 is 0 Å². The van der Waals surface area contributed by atoms with Crippen molar-refractivity contribution in [2.24, 2.45) is 0 Å². The molecule has 0 spiro atoms. The molecule has 2 rings (SSSR count). The maximum absolute atomic E-state index is 12.9. The molecule has 1 aliphatic rings. The number of piperazine rings is 1. The minimum absolute atomic E-state index is 0.262. The normalized spacial score (nSPS) is 23.6. The number of halogens is 1. The Bertz CT molecular complexity index is 437.